The average Bonchev–Trinajstić information content (AvgIpc) is 2.79. The van der Waals surface area contributed by atoms with E-state index < -0.39 is 6.10 Å². The molecule has 0 saturated carbocycles. The number of anilines is 1. The summed E-state index contributed by atoms with van der Waals surface area (Å²) in [7, 11) is 0. The van der Waals surface area contributed by atoms with Gasteiger partial charge in [0.15, 0.2) is 0 Å². The summed E-state index contributed by atoms with van der Waals surface area (Å²) in [5.74, 6) is 1.70. The number of nitrogens with zero attached hydrogens (tertiary/aromatic N) is 4. The molecule has 7 nitrogen and oxygen atoms in total. The summed E-state index contributed by atoms with van der Waals surface area (Å²) >= 11 is 0. The Morgan fingerprint density at radius 2 is 2.29 bits per heavy atom. The first-order valence-corrected chi connectivity index (χ1v) is 7.31. The first-order valence-electron chi connectivity index (χ1n) is 7.31. The number of aryl methyl sites for hydroxylation is 1. The Morgan fingerprint density at radius 1 is 1.48 bits per heavy atom. The van der Waals surface area contributed by atoms with E-state index in [1.807, 2.05) is 11.4 Å². The van der Waals surface area contributed by atoms with Gasteiger partial charge in [0.2, 0.25) is 5.95 Å². The number of fused-ring (bicyclic) bond motifs is 1. The molecule has 1 aliphatic rings. The van der Waals surface area contributed by atoms with Crippen molar-refractivity contribution in [2.45, 2.75) is 45.3 Å². The summed E-state index contributed by atoms with van der Waals surface area (Å²) in [6.07, 6.45) is 1.98. The van der Waals surface area contributed by atoms with Crippen molar-refractivity contribution in [1.82, 2.24) is 19.6 Å². The molecule has 0 radical (unpaired) electrons. The minimum atomic E-state index is -0.535. The zero-order chi connectivity index (χ0) is 15.0. The number of aliphatic hydroxyl groups is 1. The van der Waals surface area contributed by atoms with E-state index in [0.29, 0.717) is 19.2 Å². The van der Waals surface area contributed by atoms with Crippen molar-refractivity contribution < 1.29 is 9.84 Å². The van der Waals surface area contributed by atoms with Gasteiger partial charge in [0, 0.05) is 12.5 Å². The van der Waals surface area contributed by atoms with E-state index in [4.69, 9.17) is 4.74 Å². The van der Waals surface area contributed by atoms with E-state index in [1.165, 1.54) is 0 Å². The molecule has 0 unspecified atom stereocenters. The van der Waals surface area contributed by atoms with E-state index in [9.17, 15) is 5.11 Å². The Kier molecular flexibility index (Phi) is 3.77. The predicted molar refractivity (Wildman–Crippen MR) is 78.5 cm³/mol. The van der Waals surface area contributed by atoms with Crippen LogP contribution in [-0.2, 0) is 4.74 Å². The highest BCUT2D eigenvalue weighted by Crippen LogP contribution is 2.19. The van der Waals surface area contributed by atoms with Crippen LogP contribution in [0.5, 0.6) is 0 Å². The Morgan fingerprint density at radius 3 is 3.00 bits per heavy atom. The van der Waals surface area contributed by atoms with Crippen molar-refractivity contribution in [3.63, 3.8) is 0 Å². The molecule has 21 heavy (non-hydrogen) atoms. The van der Waals surface area contributed by atoms with Crippen LogP contribution in [0.1, 0.15) is 37.7 Å². The largest absolute Gasteiger partial charge is 0.389 e. The fourth-order valence-electron chi connectivity index (χ4n) is 2.55. The molecule has 0 aliphatic carbocycles. The molecule has 0 bridgehead atoms. The molecule has 2 N–H and O–H groups in total. The third kappa shape index (κ3) is 2.71. The molecule has 2 aromatic rings. The molecular formula is C14H21N5O2. The van der Waals surface area contributed by atoms with E-state index >= 15 is 0 Å². The highest BCUT2D eigenvalue weighted by molar-refractivity contribution is 5.51. The van der Waals surface area contributed by atoms with Crippen LogP contribution in [0.25, 0.3) is 5.52 Å². The SMILES string of the molecule is Cc1nc(C(C)C)n2nc(N[C@@H]3CCOC[C@H]3O)ncc12. The highest BCUT2D eigenvalue weighted by atomic mass is 16.5. The third-order valence-electron chi connectivity index (χ3n) is 3.76. The van der Waals surface area contributed by atoms with Crippen LogP contribution in [0, 0.1) is 6.92 Å². The minimum absolute atomic E-state index is 0.0803. The predicted octanol–water partition coefficient (Wildman–Crippen LogP) is 1.12. The monoisotopic (exact) mass is 291 g/mol. The second-order valence-electron chi connectivity index (χ2n) is 5.77. The van der Waals surface area contributed by atoms with Gasteiger partial charge in [-0.15, -0.1) is 5.10 Å². The van der Waals surface area contributed by atoms with Crippen molar-refractivity contribution >= 4 is 11.5 Å². The van der Waals surface area contributed by atoms with Gasteiger partial charge in [0.1, 0.15) is 11.3 Å². The van der Waals surface area contributed by atoms with Crippen LogP contribution in [-0.4, -0.2) is 50.0 Å². The van der Waals surface area contributed by atoms with Crippen LogP contribution in [0.15, 0.2) is 6.20 Å². The molecule has 3 heterocycles. The van der Waals surface area contributed by atoms with Gasteiger partial charge < -0.3 is 15.2 Å². The summed E-state index contributed by atoms with van der Waals surface area (Å²) < 4.78 is 7.06. The van der Waals surface area contributed by atoms with Crippen LogP contribution < -0.4 is 5.32 Å². The number of imidazole rings is 1. The lowest BCUT2D eigenvalue weighted by Gasteiger charge is -2.28. The lowest BCUT2D eigenvalue weighted by atomic mass is 10.1. The van der Waals surface area contributed by atoms with Crippen LogP contribution in [0.2, 0.25) is 0 Å². The lowest BCUT2D eigenvalue weighted by Crippen LogP contribution is -2.42. The van der Waals surface area contributed by atoms with Crippen molar-refractivity contribution in [1.29, 1.82) is 0 Å². The summed E-state index contributed by atoms with van der Waals surface area (Å²) in [5.41, 5.74) is 1.84. The van der Waals surface area contributed by atoms with Gasteiger partial charge in [-0.1, -0.05) is 13.8 Å². The molecule has 0 aromatic carbocycles. The maximum atomic E-state index is 9.93. The van der Waals surface area contributed by atoms with Crippen molar-refractivity contribution in [2.24, 2.45) is 0 Å². The van der Waals surface area contributed by atoms with Gasteiger partial charge in [0.25, 0.3) is 0 Å². The first-order chi connectivity index (χ1) is 10.1. The van der Waals surface area contributed by atoms with E-state index in [2.05, 4.69) is 34.2 Å². The molecule has 0 spiro atoms. The van der Waals surface area contributed by atoms with Crippen molar-refractivity contribution in [2.75, 3.05) is 18.5 Å². The molecule has 2 aromatic heterocycles. The van der Waals surface area contributed by atoms with E-state index in [1.54, 1.807) is 6.20 Å². The van der Waals surface area contributed by atoms with Gasteiger partial charge in [-0.05, 0) is 13.3 Å². The summed E-state index contributed by atoms with van der Waals surface area (Å²) in [5, 5.41) is 17.7. The van der Waals surface area contributed by atoms with Crippen molar-refractivity contribution in [3.05, 3.63) is 17.7 Å². The fraction of sp³-hybridized carbons (Fsp3) is 0.643. The second kappa shape index (κ2) is 5.57. The number of aliphatic hydroxyl groups excluding tert-OH is 1. The molecule has 114 valence electrons. The Bertz CT molecular complexity index is 640. The molecular weight excluding hydrogens is 270 g/mol. The smallest absolute Gasteiger partial charge is 0.241 e. The average molecular weight is 291 g/mol. The van der Waals surface area contributed by atoms with Crippen LogP contribution >= 0.6 is 0 Å². The van der Waals surface area contributed by atoms with Gasteiger partial charge >= 0.3 is 0 Å². The number of aromatic nitrogens is 4. The zero-order valence-corrected chi connectivity index (χ0v) is 12.6. The molecule has 2 atom stereocenters. The Labute approximate surface area is 123 Å². The van der Waals surface area contributed by atoms with Gasteiger partial charge in [-0.2, -0.15) is 0 Å². The number of nitrogens with one attached hydrogen (secondary N) is 1. The standard InChI is InChI=1S/C14H21N5O2/c1-8(2)13-16-9(3)11-6-15-14(18-19(11)13)17-10-4-5-21-7-12(10)20/h6,8,10,12,20H,4-5,7H2,1-3H3,(H,17,18)/t10-,12-/m1/s1. The minimum Gasteiger partial charge on any atom is -0.389 e. The van der Waals surface area contributed by atoms with E-state index in [-0.39, 0.29) is 12.0 Å². The lowest BCUT2D eigenvalue weighted by molar-refractivity contribution is -0.0136. The van der Waals surface area contributed by atoms with Gasteiger partial charge in [0.05, 0.1) is 30.6 Å². The molecule has 1 saturated heterocycles. The third-order valence-corrected chi connectivity index (χ3v) is 3.76. The molecule has 7 heteroatoms. The quantitative estimate of drug-likeness (QED) is 0.881. The zero-order valence-electron chi connectivity index (χ0n) is 12.6. The first kappa shape index (κ1) is 14.2. The topological polar surface area (TPSA) is 84.6 Å². The summed E-state index contributed by atoms with van der Waals surface area (Å²) in [4.78, 5) is 8.89. The normalized spacial score (nSPS) is 22.9. The number of hydrogen-bond acceptors (Lipinski definition) is 6. The second-order valence-corrected chi connectivity index (χ2v) is 5.77. The maximum Gasteiger partial charge on any atom is 0.241 e. The highest BCUT2D eigenvalue weighted by Gasteiger charge is 2.24. The van der Waals surface area contributed by atoms with Gasteiger partial charge in [-0.3, -0.25) is 0 Å². The number of rotatable bonds is 3. The number of ether oxygens (including phenoxy) is 1. The Balaban J connectivity index is 1.91. The van der Waals surface area contributed by atoms with Crippen molar-refractivity contribution in [3.8, 4) is 0 Å². The van der Waals surface area contributed by atoms with E-state index in [0.717, 1.165) is 23.5 Å². The molecule has 1 fully saturated rings. The summed E-state index contributed by atoms with van der Waals surface area (Å²) in [6.45, 7) is 7.12. The molecule has 1 aliphatic heterocycles. The maximum absolute atomic E-state index is 9.93. The van der Waals surface area contributed by atoms with Crippen LogP contribution in [0.3, 0.4) is 0 Å². The summed E-state index contributed by atoms with van der Waals surface area (Å²) in [6, 6.07) is -0.0803. The molecule has 3 rings (SSSR count). The van der Waals surface area contributed by atoms with Crippen LogP contribution in [0.4, 0.5) is 5.95 Å². The fourth-order valence-corrected chi connectivity index (χ4v) is 2.55. The number of hydrogen-bond donors (Lipinski definition) is 2. The van der Waals surface area contributed by atoms with Gasteiger partial charge in [-0.25, -0.2) is 14.5 Å². The molecule has 0 amide bonds. The Hall–Kier alpha value is -1.73.